The molecule has 8 nitrogen and oxygen atoms in total. The predicted molar refractivity (Wildman–Crippen MR) is 86.8 cm³/mol. The number of esters is 1. The number of sulfonamides is 1. The van der Waals surface area contributed by atoms with Gasteiger partial charge < -0.3 is 10.1 Å². The van der Waals surface area contributed by atoms with Gasteiger partial charge in [0.1, 0.15) is 6.54 Å². The minimum atomic E-state index is -3.90. The molecule has 0 aliphatic rings. The van der Waals surface area contributed by atoms with E-state index in [2.05, 4.69) is 5.32 Å². The SMILES string of the molecule is CC(=O)Nc1ccc(S(=O)(=O)N(C)CC(=O)O[C@@H](C)C(C)=O)cc1. The molecule has 132 valence electrons. The van der Waals surface area contributed by atoms with Crippen molar-refractivity contribution in [3.8, 4) is 0 Å². The van der Waals surface area contributed by atoms with Gasteiger partial charge in [0, 0.05) is 19.7 Å². The Kier molecular flexibility index (Phi) is 6.61. The largest absolute Gasteiger partial charge is 0.454 e. The number of rotatable bonds is 7. The summed E-state index contributed by atoms with van der Waals surface area (Å²) in [6.45, 7) is 3.50. The summed E-state index contributed by atoms with van der Waals surface area (Å²) in [7, 11) is -2.67. The first-order valence-corrected chi connectivity index (χ1v) is 8.52. The van der Waals surface area contributed by atoms with Gasteiger partial charge in [-0.3, -0.25) is 14.4 Å². The lowest BCUT2D eigenvalue weighted by Gasteiger charge is -2.18. The van der Waals surface area contributed by atoms with Gasteiger partial charge in [0.15, 0.2) is 11.9 Å². The lowest BCUT2D eigenvalue weighted by molar-refractivity contribution is -0.153. The number of ketones is 1. The summed E-state index contributed by atoms with van der Waals surface area (Å²) in [5, 5.41) is 2.52. The molecule has 0 aromatic heterocycles. The molecule has 0 bridgehead atoms. The maximum Gasteiger partial charge on any atom is 0.321 e. The van der Waals surface area contributed by atoms with Crippen LogP contribution in [0.25, 0.3) is 0 Å². The number of ether oxygens (including phenoxy) is 1. The van der Waals surface area contributed by atoms with Crippen molar-refractivity contribution >= 4 is 33.4 Å². The molecule has 1 rings (SSSR count). The number of anilines is 1. The molecule has 0 fully saturated rings. The van der Waals surface area contributed by atoms with E-state index in [9.17, 15) is 22.8 Å². The fourth-order valence-corrected chi connectivity index (χ4v) is 2.79. The van der Waals surface area contributed by atoms with Crippen molar-refractivity contribution in [2.45, 2.75) is 31.8 Å². The maximum atomic E-state index is 12.4. The summed E-state index contributed by atoms with van der Waals surface area (Å²) in [6.07, 6.45) is -0.925. The van der Waals surface area contributed by atoms with E-state index in [0.717, 1.165) is 4.31 Å². The lowest BCUT2D eigenvalue weighted by Crippen LogP contribution is -2.35. The number of nitrogens with zero attached hydrogens (tertiary/aromatic N) is 1. The first-order valence-electron chi connectivity index (χ1n) is 7.08. The van der Waals surface area contributed by atoms with Crippen molar-refractivity contribution in [1.29, 1.82) is 0 Å². The van der Waals surface area contributed by atoms with Crippen molar-refractivity contribution in [3.63, 3.8) is 0 Å². The molecule has 9 heteroatoms. The Labute approximate surface area is 140 Å². The van der Waals surface area contributed by atoms with E-state index in [-0.39, 0.29) is 16.6 Å². The third-order valence-electron chi connectivity index (χ3n) is 3.12. The van der Waals surface area contributed by atoms with Crippen molar-refractivity contribution in [2.75, 3.05) is 18.9 Å². The van der Waals surface area contributed by atoms with Crippen LogP contribution in [0.1, 0.15) is 20.8 Å². The van der Waals surface area contributed by atoms with Gasteiger partial charge >= 0.3 is 5.97 Å². The Bertz CT molecular complexity index is 727. The van der Waals surface area contributed by atoms with Crippen molar-refractivity contribution in [1.82, 2.24) is 4.31 Å². The summed E-state index contributed by atoms with van der Waals surface area (Å²) in [6, 6.07) is 5.53. The second-order valence-corrected chi connectivity index (χ2v) is 7.25. The fraction of sp³-hybridized carbons (Fsp3) is 0.400. The average molecular weight is 356 g/mol. The van der Waals surface area contributed by atoms with Gasteiger partial charge in [0.2, 0.25) is 15.9 Å². The average Bonchev–Trinajstić information content (AvgIpc) is 2.46. The number of carbonyl (C=O) groups excluding carboxylic acids is 3. The third kappa shape index (κ3) is 5.43. The van der Waals surface area contributed by atoms with Crippen molar-refractivity contribution in [2.24, 2.45) is 0 Å². The second kappa shape index (κ2) is 8.02. The van der Waals surface area contributed by atoms with Gasteiger partial charge in [-0.05, 0) is 38.1 Å². The standard InChI is InChI=1S/C15H20N2O6S/c1-10(18)11(2)23-15(20)9-17(4)24(21,22)14-7-5-13(6-8-14)16-12(3)19/h5-8,11H,9H2,1-4H3,(H,16,19)/t11-/m0/s1. The number of benzene rings is 1. The van der Waals surface area contributed by atoms with E-state index in [1.807, 2.05) is 0 Å². The van der Waals surface area contributed by atoms with Gasteiger partial charge in [0.05, 0.1) is 4.90 Å². The highest BCUT2D eigenvalue weighted by molar-refractivity contribution is 7.89. The van der Waals surface area contributed by atoms with Crippen LogP contribution in [-0.4, -0.2) is 50.1 Å². The Morgan fingerprint density at radius 2 is 1.71 bits per heavy atom. The van der Waals surface area contributed by atoms with E-state index in [1.54, 1.807) is 0 Å². The molecule has 0 saturated carbocycles. The van der Waals surface area contributed by atoms with E-state index in [0.29, 0.717) is 5.69 Å². The van der Waals surface area contributed by atoms with E-state index in [4.69, 9.17) is 4.74 Å². The van der Waals surface area contributed by atoms with E-state index in [1.165, 1.54) is 52.1 Å². The predicted octanol–water partition coefficient (Wildman–Crippen LogP) is 0.786. The topological polar surface area (TPSA) is 110 Å². The highest BCUT2D eigenvalue weighted by Gasteiger charge is 2.24. The summed E-state index contributed by atoms with van der Waals surface area (Å²) in [5.74, 6) is -1.42. The number of nitrogens with one attached hydrogen (secondary N) is 1. The van der Waals surface area contributed by atoms with Crippen LogP contribution in [0.2, 0.25) is 0 Å². The molecule has 0 spiro atoms. The van der Waals surface area contributed by atoms with Gasteiger partial charge in [-0.1, -0.05) is 0 Å². The molecule has 0 radical (unpaired) electrons. The Morgan fingerprint density at radius 3 is 2.17 bits per heavy atom. The van der Waals surface area contributed by atoms with Crippen LogP contribution in [0.15, 0.2) is 29.2 Å². The molecule has 0 aliphatic heterocycles. The molecular weight excluding hydrogens is 336 g/mol. The van der Waals surface area contributed by atoms with Crippen LogP contribution in [0.3, 0.4) is 0 Å². The smallest absolute Gasteiger partial charge is 0.321 e. The maximum absolute atomic E-state index is 12.4. The molecule has 1 atom stereocenters. The molecule has 24 heavy (non-hydrogen) atoms. The minimum absolute atomic E-state index is 0.0356. The molecule has 0 saturated heterocycles. The van der Waals surface area contributed by atoms with Crippen LogP contribution in [-0.2, 0) is 29.1 Å². The summed E-state index contributed by atoms with van der Waals surface area (Å²) in [4.78, 5) is 33.7. The molecule has 1 amide bonds. The zero-order valence-corrected chi connectivity index (χ0v) is 14.7. The van der Waals surface area contributed by atoms with E-state index >= 15 is 0 Å². The first-order chi connectivity index (χ1) is 11.0. The molecule has 0 heterocycles. The number of Topliss-reactive ketones (excluding diaryl/α,β-unsaturated/α-hetero) is 1. The lowest BCUT2D eigenvalue weighted by atomic mass is 10.3. The Morgan fingerprint density at radius 1 is 1.17 bits per heavy atom. The molecule has 0 aliphatic carbocycles. The highest BCUT2D eigenvalue weighted by atomic mass is 32.2. The Balaban J connectivity index is 2.81. The van der Waals surface area contributed by atoms with Crippen molar-refractivity contribution in [3.05, 3.63) is 24.3 Å². The first kappa shape index (κ1) is 19.8. The van der Waals surface area contributed by atoms with Gasteiger partial charge in [-0.2, -0.15) is 4.31 Å². The molecule has 1 aromatic carbocycles. The normalized spacial score (nSPS) is 12.5. The number of hydrogen-bond donors (Lipinski definition) is 1. The third-order valence-corrected chi connectivity index (χ3v) is 4.93. The van der Waals surface area contributed by atoms with Crippen LogP contribution in [0, 0.1) is 0 Å². The number of carbonyl (C=O) groups is 3. The summed E-state index contributed by atoms with van der Waals surface area (Å²) in [5.41, 5.74) is 0.457. The van der Waals surface area contributed by atoms with Gasteiger partial charge in [0.25, 0.3) is 0 Å². The molecule has 1 N–H and O–H groups in total. The fourth-order valence-electron chi connectivity index (χ4n) is 1.68. The summed E-state index contributed by atoms with van der Waals surface area (Å²) < 4.78 is 30.4. The second-order valence-electron chi connectivity index (χ2n) is 5.21. The highest BCUT2D eigenvalue weighted by Crippen LogP contribution is 2.17. The summed E-state index contributed by atoms with van der Waals surface area (Å²) >= 11 is 0. The molecule has 1 aromatic rings. The van der Waals surface area contributed by atoms with Crippen molar-refractivity contribution < 1.29 is 27.5 Å². The van der Waals surface area contributed by atoms with Gasteiger partial charge in [-0.15, -0.1) is 0 Å². The zero-order chi connectivity index (χ0) is 18.5. The monoisotopic (exact) mass is 356 g/mol. The van der Waals surface area contributed by atoms with Crippen LogP contribution in [0.4, 0.5) is 5.69 Å². The quantitative estimate of drug-likeness (QED) is 0.723. The Hall–Kier alpha value is -2.26. The molecular formula is C15H20N2O6S. The minimum Gasteiger partial charge on any atom is -0.454 e. The number of likely N-dealkylation sites (N-methyl/N-ethyl adjacent to an activating group) is 1. The zero-order valence-electron chi connectivity index (χ0n) is 13.9. The number of hydrogen-bond acceptors (Lipinski definition) is 6. The van der Waals surface area contributed by atoms with Crippen LogP contribution >= 0.6 is 0 Å². The van der Waals surface area contributed by atoms with E-state index < -0.39 is 28.6 Å². The van der Waals surface area contributed by atoms with Crippen LogP contribution < -0.4 is 5.32 Å². The molecule has 0 unspecified atom stereocenters. The van der Waals surface area contributed by atoms with Crippen LogP contribution in [0.5, 0.6) is 0 Å². The number of amides is 1. The van der Waals surface area contributed by atoms with Gasteiger partial charge in [-0.25, -0.2) is 8.42 Å².